The second kappa shape index (κ2) is 8.42. The van der Waals surface area contributed by atoms with E-state index >= 15 is 0 Å². The summed E-state index contributed by atoms with van der Waals surface area (Å²) >= 11 is 0. The third-order valence-electron chi connectivity index (χ3n) is 5.44. The van der Waals surface area contributed by atoms with E-state index < -0.39 is 0 Å². The van der Waals surface area contributed by atoms with Crippen LogP contribution in [0, 0.1) is 12.8 Å². The van der Waals surface area contributed by atoms with E-state index in [0.717, 1.165) is 43.7 Å². The summed E-state index contributed by atoms with van der Waals surface area (Å²) < 4.78 is 10.9. The Morgan fingerprint density at radius 2 is 1.93 bits per heavy atom. The van der Waals surface area contributed by atoms with Crippen LogP contribution >= 0.6 is 0 Å². The molecule has 0 bridgehead atoms. The van der Waals surface area contributed by atoms with Crippen molar-refractivity contribution in [3.8, 4) is 11.5 Å². The zero-order chi connectivity index (χ0) is 19.3. The van der Waals surface area contributed by atoms with Crippen molar-refractivity contribution in [2.24, 2.45) is 5.92 Å². The molecule has 1 aromatic carbocycles. The number of carbonyl (C=O) groups is 1. The fraction of sp³-hybridized carbons (Fsp3) is 0.409. The number of piperidine rings is 1. The van der Waals surface area contributed by atoms with Crippen LogP contribution in [0.2, 0.25) is 0 Å². The molecule has 28 heavy (non-hydrogen) atoms. The number of benzene rings is 1. The number of aromatic nitrogens is 2. The molecule has 0 spiro atoms. The maximum absolute atomic E-state index is 12.5. The normalized spacial score (nSPS) is 15.1. The minimum absolute atomic E-state index is 0.164. The average Bonchev–Trinajstić information content (AvgIpc) is 3.36. The topological polar surface area (TPSA) is 72.4 Å². The Morgan fingerprint density at radius 1 is 1.14 bits per heavy atom. The summed E-state index contributed by atoms with van der Waals surface area (Å²) in [5.74, 6) is 2.49. The molecule has 146 valence electrons. The molecule has 4 rings (SSSR count). The molecule has 1 amide bonds. The summed E-state index contributed by atoms with van der Waals surface area (Å²) in [6, 6.07) is 12.4. The Morgan fingerprint density at radius 3 is 2.64 bits per heavy atom. The average molecular weight is 379 g/mol. The van der Waals surface area contributed by atoms with Crippen molar-refractivity contribution in [2.75, 3.05) is 13.1 Å². The maximum Gasteiger partial charge on any atom is 0.251 e. The molecule has 0 N–H and O–H groups in total. The lowest BCUT2D eigenvalue weighted by molar-refractivity contribution is -0.132. The minimum Gasteiger partial charge on any atom is -0.469 e. The van der Waals surface area contributed by atoms with Gasteiger partial charge in [-0.1, -0.05) is 30.3 Å². The first-order chi connectivity index (χ1) is 13.7. The Balaban J connectivity index is 1.24. The van der Waals surface area contributed by atoms with E-state index in [1.165, 1.54) is 5.56 Å². The van der Waals surface area contributed by atoms with Crippen molar-refractivity contribution in [3.05, 3.63) is 59.9 Å². The van der Waals surface area contributed by atoms with Crippen molar-refractivity contribution < 1.29 is 13.6 Å². The summed E-state index contributed by atoms with van der Waals surface area (Å²) in [6.07, 6.45) is 5.68. The Hall–Kier alpha value is -2.89. The monoisotopic (exact) mass is 379 g/mol. The summed E-state index contributed by atoms with van der Waals surface area (Å²) in [4.78, 5) is 14.5. The largest absolute Gasteiger partial charge is 0.469 e. The van der Waals surface area contributed by atoms with Gasteiger partial charge in [0, 0.05) is 25.9 Å². The zero-order valence-electron chi connectivity index (χ0n) is 16.1. The highest BCUT2D eigenvalue weighted by molar-refractivity contribution is 5.76. The first-order valence-electron chi connectivity index (χ1n) is 9.87. The van der Waals surface area contributed by atoms with Crippen molar-refractivity contribution >= 4 is 5.91 Å². The lowest BCUT2D eigenvalue weighted by atomic mass is 9.90. The van der Waals surface area contributed by atoms with Gasteiger partial charge in [-0.05, 0) is 43.7 Å². The number of hydrogen-bond acceptors (Lipinski definition) is 5. The van der Waals surface area contributed by atoms with Gasteiger partial charge in [-0.2, -0.15) is 0 Å². The number of rotatable bonds is 6. The predicted octanol–water partition coefficient (Wildman–Crippen LogP) is 4.05. The second-order valence-corrected chi connectivity index (χ2v) is 7.41. The molecule has 0 radical (unpaired) electrons. The molecular weight excluding hydrogens is 354 g/mol. The van der Waals surface area contributed by atoms with Gasteiger partial charge in [0.1, 0.15) is 5.76 Å². The third kappa shape index (κ3) is 4.32. The van der Waals surface area contributed by atoms with Gasteiger partial charge in [-0.15, -0.1) is 10.2 Å². The van der Waals surface area contributed by atoms with Crippen LogP contribution in [0.3, 0.4) is 0 Å². The molecule has 2 aromatic heterocycles. The van der Waals surface area contributed by atoms with Crippen LogP contribution in [-0.2, 0) is 17.6 Å². The molecule has 6 nitrogen and oxygen atoms in total. The molecule has 0 aliphatic carbocycles. The van der Waals surface area contributed by atoms with Crippen molar-refractivity contribution in [2.45, 2.75) is 39.0 Å². The molecule has 0 atom stereocenters. The molecule has 3 aromatic rings. The van der Waals surface area contributed by atoms with Crippen LogP contribution < -0.4 is 0 Å². The van der Waals surface area contributed by atoms with E-state index in [1.54, 1.807) is 12.3 Å². The molecule has 1 saturated heterocycles. The number of likely N-dealkylation sites (tertiary alicyclic amines) is 1. The van der Waals surface area contributed by atoms with Crippen molar-refractivity contribution in [1.29, 1.82) is 0 Å². The quantitative estimate of drug-likeness (QED) is 0.646. The number of carbonyl (C=O) groups excluding carboxylic acids is 1. The Bertz CT molecular complexity index is 908. The van der Waals surface area contributed by atoms with Gasteiger partial charge >= 0.3 is 0 Å². The molecule has 3 heterocycles. The van der Waals surface area contributed by atoms with Gasteiger partial charge in [0.05, 0.1) is 11.8 Å². The summed E-state index contributed by atoms with van der Waals surface area (Å²) in [6.45, 7) is 3.52. The fourth-order valence-corrected chi connectivity index (χ4v) is 3.78. The summed E-state index contributed by atoms with van der Waals surface area (Å²) in [5, 5.41) is 8.12. The summed E-state index contributed by atoms with van der Waals surface area (Å²) in [7, 11) is 0. The van der Waals surface area contributed by atoms with Gasteiger partial charge in [0.25, 0.3) is 5.89 Å². The van der Waals surface area contributed by atoms with Crippen LogP contribution in [0.1, 0.15) is 36.5 Å². The molecule has 6 heteroatoms. The van der Waals surface area contributed by atoms with E-state index in [9.17, 15) is 4.79 Å². The number of nitrogens with zero attached hydrogens (tertiary/aromatic N) is 3. The first kappa shape index (κ1) is 18.5. The molecule has 0 saturated carbocycles. The Labute approximate surface area is 164 Å². The van der Waals surface area contributed by atoms with Gasteiger partial charge in [0.2, 0.25) is 11.8 Å². The predicted molar refractivity (Wildman–Crippen MR) is 105 cm³/mol. The second-order valence-electron chi connectivity index (χ2n) is 7.41. The summed E-state index contributed by atoms with van der Waals surface area (Å²) in [5.41, 5.74) is 2.18. The lowest BCUT2D eigenvalue weighted by Gasteiger charge is -2.32. The van der Waals surface area contributed by atoms with E-state index in [-0.39, 0.29) is 5.91 Å². The van der Waals surface area contributed by atoms with E-state index in [4.69, 9.17) is 8.83 Å². The number of amides is 1. The molecule has 1 aliphatic rings. The third-order valence-corrected chi connectivity index (χ3v) is 5.44. The number of aryl methyl sites for hydroxylation is 2. The van der Waals surface area contributed by atoms with Gasteiger partial charge < -0.3 is 13.7 Å². The van der Waals surface area contributed by atoms with Crippen molar-refractivity contribution in [1.82, 2.24) is 15.1 Å². The van der Waals surface area contributed by atoms with E-state index in [1.807, 2.05) is 17.9 Å². The highest BCUT2D eigenvalue weighted by atomic mass is 16.4. The molecule has 1 fully saturated rings. The lowest BCUT2D eigenvalue weighted by Crippen LogP contribution is -2.39. The molecular formula is C22H25N3O3. The van der Waals surface area contributed by atoms with E-state index in [0.29, 0.717) is 30.5 Å². The van der Waals surface area contributed by atoms with Gasteiger partial charge in [0.15, 0.2) is 0 Å². The number of furan rings is 1. The molecule has 0 unspecified atom stereocenters. The standard InChI is InChI=1S/C22H25N3O3/c1-16-19(11-14-27-16)22-24-23-20(28-22)7-8-21(26)25-12-9-18(10-13-25)15-17-5-3-2-4-6-17/h2-6,11,14,18H,7-10,12-13,15H2,1H3. The Kier molecular flexibility index (Phi) is 5.55. The van der Waals surface area contributed by atoms with Crippen LogP contribution in [-0.4, -0.2) is 34.1 Å². The highest BCUT2D eigenvalue weighted by Crippen LogP contribution is 2.24. The molecule has 1 aliphatic heterocycles. The fourth-order valence-electron chi connectivity index (χ4n) is 3.78. The van der Waals surface area contributed by atoms with Crippen molar-refractivity contribution in [3.63, 3.8) is 0 Å². The SMILES string of the molecule is Cc1occc1-c1nnc(CCC(=O)N2CCC(Cc3ccccc3)CC2)o1. The highest BCUT2D eigenvalue weighted by Gasteiger charge is 2.23. The van der Waals surface area contributed by atoms with Gasteiger partial charge in [-0.3, -0.25) is 4.79 Å². The maximum atomic E-state index is 12.5. The van der Waals surface area contributed by atoms with Crippen LogP contribution in [0.25, 0.3) is 11.5 Å². The minimum atomic E-state index is 0.164. The smallest absolute Gasteiger partial charge is 0.251 e. The van der Waals surface area contributed by atoms with Gasteiger partial charge in [-0.25, -0.2) is 0 Å². The van der Waals surface area contributed by atoms with Crippen LogP contribution in [0.5, 0.6) is 0 Å². The van der Waals surface area contributed by atoms with Crippen LogP contribution in [0.4, 0.5) is 0 Å². The first-order valence-corrected chi connectivity index (χ1v) is 9.87. The zero-order valence-corrected chi connectivity index (χ0v) is 16.1. The number of hydrogen-bond donors (Lipinski definition) is 0. The van der Waals surface area contributed by atoms with Crippen LogP contribution in [0.15, 0.2) is 51.5 Å². The van der Waals surface area contributed by atoms with E-state index in [2.05, 4.69) is 34.5 Å².